The van der Waals surface area contributed by atoms with Gasteiger partial charge in [-0.05, 0) is 97.5 Å². The number of Topliss-reactive ketones (excluding diaryl/α,β-unsaturated/α-hetero) is 1. The molecule has 312 valence electrons. The third-order valence-electron chi connectivity index (χ3n) is 10.9. The van der Waals surface area contributed by atoms with Crippen molar-refractivity contribution in [3.8, 4) is 0 Å². The average Bonchev–Trinajstić information content (AvgIpc) is 3.15. The van der Waals surface area contributed by atoms with Crippen LogP contribution in [-0.4, -0.2) is 77.3 Å². The van der Waals surface area contributed by atoms with Crippen LogP contribution in [0.1, 0.15) is 94.4 Å². The van der Waals surface area contributed by atoms with E-state index in [-0.39, 0.29) is 48.8 Å². The molecule has 5 rings (SSSR count). The van der Waals surface area contributed by atoms with Crippen LogP contribution in [0.15, 0.2) is 60.7 Å². The molecule has 0 saturated carbocycles. The Balaban J connectivity index is 0.000000254. The van der Waals surface area contributed by atoms with Gasteiger partial charge in [0.15, 0.2) is 0 Å². The summed E-state index contributed by atoms with van der Waals surface area (Å²) in [5.74, 6) is -3.08. The lowest BCUT2D eigenvalue weighted by molar-refractivity contribution is -0.126. The fraction of sp³-hybridized carbons (Fsp3) is 0.523. The first-order chi connectivity index (χ1) is 27.1. The second kappa shape index (κ2) is 22.1. The molecule has 0 spiro atoms. The number of aryl methyl sites for hydroxylation is 1. The SMILES string of the molecule is CCCCC1CNC(C(O)C(Cc2cc(F)cc(F)c2)NC(C)=O)CC1=O.CCc1ccc(C2CCNC(C(O)C(Cc3cc(F)cc(F)c3)NC(C)=O)C2)cc1. The zero-order chi connectivity index (χ0) is 41.6. The monoisotopic (exact) mass is 798 g/mol. The molecule has 9 nitrogen and oxygen atoms in total. The number of aliphatic hydroxyl groups excluding tert-OH is 2. The molecular formula is C44H58F4N4O5. The second-order valence-corrected chi connectivity index (χ2v) is 15.5. The molecule has 0 bridgehead atoms. The van der Waals surface area contributed by atoms with Gasteiger partial charge in [0.1, 0.15) is 29.1 Å². The van der Waals surface area contributed by atoms with Crippen molar-refractivity contribution in [3.63, 3.8) is 0 Å². The van der Waals surface area contributed by atoms with E-state index >= 15 is 0 Å². The maximum absolute atomic E-state index is 13.6. The van der Waals surface area contributed by atoms with Crippen LogP contribution in [0.4, 0.5) is 17.6 Å². The number of benzene rings is 3. The van der Waals surface area contributed by atoms with E-state index < -0.39 is 53.6 Å². The number of piperidine rings is 2. The predicted octanol–water partition coefficient (Wildman–Crippen LogP) is 5.58. The predicted molar refractivity (Wildman–Crippen MR) is 211 cm³/mol. The van der Waals surface area contributed by atoms with Crippen LogP contribution >= 0.6 is 0 Å². The van der Waals surface area contributed by atoms with Crippen LogP contribution in [0, 0.1) is 29.2 Å². The summed E-state index contributed by atoms with van der Waals surface area (Å²) in [5.41, 5.74) is 3.26. The summed E-state index contributed by atoms with van der Waals surface area (Å²) < 4.78 is 54.1. The Kier molecular flexibility index (Phi) is 17.7. The van der Waals surface area contributed by atoms with Crippen LogP contribution in [-0.2, 0) is 33.6 Å². The summed E-state index contributed by atoms with van der Waals surface area (Å²) in [6.07, 6.45) is 3.92. The Bertz CT molecular complexity index is 1740. The number of aliphatic hydroxyl groups is 2. The van der Waals surface area contributed by atoms with E-state index in [1.807, 2.05) is 0 Å². The fourth-order valence-electron chi connectivity index (χ4n) is 7.92. The largest absolute Gasteiger partial charge is 0.389 e. The van der Waals surface area contributed by atoms with Crippen molar-refractivity contribution in [2.24, 2.45) is 5.92 Å². The molecule has 0 radical (unpaired) electrons. The minimum Gasteiger partial charge on any atom is -0.389 e. The maximum Gasteiger partial charge on any atom is 0.217 e. The smallest absolute Gasteiger partial charge is 0.217 e. The highest BCUT2D eigenvalue weighted by Gasteiger charge is 2.36. The first kappa shape index (κ1) is 45.5. The van der Waals surface area contributed by atoms with Crippen LogP contribution in [0.2, 0.25) is 0 Å². The standard InChI is InChI=1S/C24H30F2N2O2.C20H28F2N2O3/c1-3-16-4-6-18(7-5-16)19-8-9-27-22(13-19)24(30)23(28-15(2)29)12-17-10-20(25)14-21(26)11-17;1-3-4-5-14-11-23-17(10-19(14)26)20(27)18(24-12(2)25)8-13-6-15(21)9-16(22)7-13/h4-7,10-11,14,19,22-24,27,30H,3,8-9,12-13H2,1-2H3,(H,28,29);6-7,9,14,17-18,20,23,27H,3-5,8,10-11H2,1-2H3,(H,24,25). The molecule has 13 heteroatoms. The molecule has 2 aliphatic heterocycles. The van der Waals surface area contributed by atoms with E-state index in [0.717, 1.165) is 57.2 Å². The van der Waals surface area contributed by atoms with E-state index in [1.54, 1.807) is 0 Å². The van der Waals surface area contributed by atoms with Crippen molar-refractivity contribution in [2.45, 2.75) is 128 Å². The molecule has 2 saturated heterocycles. The molecule has 0 aromatic heterocycles. The number of carbonyl (C=O) groups is 3. The molecule has 2 fully saturated rings. The normalized spacial score (nSPS) is 21.7. The van der Waals surface area contributed by atoms with Gasteiger partial charge < -0.3 is 31.5 Å². The van der Waals surface area contributed by atoms with E-state index in [0.29, 0.717) is 23.6 Å². The minimum atomic E-state index is -1.06. The first-order valence-electron chi connectivity index (χ1n) is 20.0. The van der Waals surface area contributed by atoms with Gasteiger partial charge in [-0.2, -0.15) is 0 Å². The molecule has 3 aromatic carbocycles. The summed E-state index contributed by atoms with van der Waals surface area (Å²) in [7, 11) is 0. The Hall–Kier alpha value is -4.17. The average molecular weight is 799 g/mol. The lowest BCUT2D eigenvalue weighted by Crippen LogP contribution is -2.57. The quantitative estimate of drug-likeness (QED) is 0.110. The first-order valence-corrected chi connectivity index (χ1v) is 20.0. The summed E-state index contributed by atoms with van der Waals surface area (Å²) in [6.45, 7) is 8.12. The Morgan fingerprint density at radius 3 is 1.72 bits per heavy atom. The lowest BCUT2D eigenvalue weighted by atomic mass is 9.82. The topological polar surface area (TPSA) is 140 Å². The van der Waals surface area contributed by atoms with Crippen molar-refractivity contribution >= 4 is 17.6 Å². The third kappa shape index (κ3) is 14.3. The van der Waals surface area contributed by atoms with Crippen LogP contribution in [0.25, 0.3) is 0 Å². The van der Waals surface area contributed by atoms with Gasteiger partial charge >= 0.3 is 0 Å². The highest BCUT2D eigenvalue weighted by molar-refractivity contribution is 5.82. The molecular weight excluding hydrogens is 740 g/mol. The molecule has 2 aliphatic rings. The summed E-state index contributed by atoms with van der Waals surface area (Å²) in [6, 6.07) is 12.8. The Morgan fingerprint density at radius 1 is 0.754 bits per heavy atom. The van der Waals surface area contributed by atoms with Crippen LogP contribution in [0.3, 0.4) is 0 Å². The van der Waals surface area contributed by atoms with Crippen LogP contribution < -0.4 is 21.3 Å². The maximum atomic E-state index is 13.6. The van der Waals surface area contributed by atoms with Gasteiger partial charge in [0.25, 0.3) is 0 Å². The highest BCUT2D eigenvalue weighted by Crippen LogP contribution is 2.30. The number of carbonyl (C=O) groups excluding carboxylic acids is 3. The van der Waals surface area contributed by atoms with Crippen molar-refractivity contribution in [2.75, 3.05) is 13.1 Å². The van der Waals surface area contributed by atoms with Gasteiger partial charge in [-0.15, -0.1) is 0 Å². The number of nitrogens with one attached hydrogen (secondary N) is 4. The third-order valence-corrected chi connectivity index (χ3v) is 10.9. The van der Waals surface area contributed by atoms with E-state index in [1.165, 1.54) is 49.2 Å². The second-order valence-electron chi connectivity index (χ2n) is 15.5. The minimum absolute atomic E-state index is 0.0510. The summed E-state index contributed by atoms with van der Waals surface area (Å²) in [4.78, 5) is 35.6. The van der Waals surface area contributed by atoms with Crippen molar-refractivity contribution in [1.82, 2.24) is 21.3 Å². The van der Waals surface area contributed by atoms with Gasteiger partial charge in [-0.1, -0.05) is 51.0 Å². The number of unbranched alkanes of at least 4 members (excludes halogenated alkanes) is 1. The van der Waals surface area contributed by atoms with Gasteiger partial charge in [0.05, 0.1) is 24.3 Å². The lowest BCUT2D eigenvalue weighted by Gasteiger charge is -2.37. The molecule has 0 aliphatic carbocycles. The molecule has 57 heavy (non-hydrogen) atoms. The van der Waals surface area contributed by atoms with Gasteiger partial charge in [-0.25, -0.2) is 17.6 Å². The fourth-order valence-corrected chi connectivity index (χ4v) is 7.92. The summed E-state index contributed by atoms with van der Waals surface area (Å²) in [5, 5.41) is 33.8. The number of amides is 2. The van der Waals surface area contributed by atoms with E-state index in [4.69, 9.17) is 0 Å². The van der Waals surface area contributed by atoms with Crippen LogP contribution in [0.5, 0.6) is 0 Å². The number of halogens is 4. The van der Waals surface area contributed by atoms with Crippen molar-refractivity contribution in [1.29, 1.82) is 0 Å². The number of rotatable bonds is 15. The summed E-state index contributed by atoms with van der Waals surface area (Å²) >= 11 is 0. The Labute approximate surface area is 333 Å². The molecule has 2 heterocycles. The Morgan fingerprint density at radius 2 is 1.26 bits per heavy atom. The number of hydrogen-bond acceptors (Lipinski definition) is 7. The van der Waals surface area contributed by atoms with Gasteiger partial charge in [-0.3, -0.25) is 14.4 Å². The van der Waals surface area contributed by atoms with Crippen molar-refractivity contribution < 1.29 is 42.2 Å². The van der Waals surface area contributed by atoms with E-state index in [2.05, 4.69) is 59.4 Å². The van der Waals surface area contributed by atoms with Gasteiger partial charge in [0.2, 0.25) is 11.8 Å². The zero-order valence-electron chi connectivity index (χ0n) is 33.3. The molecule has 8 atom stereocenters. The molecule has 3 aromatic rings. The molecule has 8 unspecified atom stereocenters. The zero-order valence-corrected chi connectivity index (χ0v) is 33.3. The van der Waals surface area contributed by atoms with E-state index in [9.17, 15) is 42.2 Å². The number of ketones is 1. The molecule has 6 N–H and O–H groups in total. The van der Waals surface area contributed by atoms with Gasteiger partial charge in [0, 0.05) is 56.9 Å². The highest BCUT2D eigenvalue weighted by atomic mass is 19.1. The van der Waals surface area contributed by atoms with Crippen molar-refractivity contribution in [3.05, 3.63) is 106 Å². The number of hydrogen-bond donors (Lipinski definition) is 6. The molecule has 2 amide bonds.